The van der Waals surface area contributed by atoms with Crippen LogP contribution in [0.2, 0.25) is 0 Å². The minimum Gasteiger partial charge on any atom is -0.267 e. The van der Waals surface area contributed by atoms with Crippen LogP contribution in [0.3, 0.4) is 0 Å². The Morgan fingerprint density at radius 3 is 2.80 bits per heavy atom. The van der Waals surface area contributed by atoms with E-state index in [1.54, 1.807) is 11.3 Å². The molecule has 74 valence electrons. The molecule has 0 radical (unpaired) electrons. The molecule has 0 spiro atoms. The van der Waals surface area contributed by atoms with E-state index in [-0.39, 0.29) is 0 Å². The Labute approximate surface area is 91.8 Å². The summed E-state index contributed by atoms with van der Waals surface area (Å²) in [6.45, 7) is 0. The van der Waals surface area contributed by atoms with Gasteiger partial charge in [0.1, 0.15) is 5.69 Å². The Hall–Kier alpha value is -1.61. The fraction of sp³-hybridized carbons (Fsp3) is 0.0833. The molecule has 2 aromatic heterocycles. The van der Waals surface area contributed by atoms with Gasteiger partial charge in [-0.1, -0.05) is 24.3 Å². The molecule has 15 heavy (non-hydrogen) atoms. The molecule has 0 amide bonds. The van der Waals surface area contributed by atoms with Gasteiger partial charge in [0.2, 0.25) is 0 Å². The molecule has 0 fully saturated rings. The van der Waals surface area contributed by atoms with Crippen molar-refractivity contribution >= 4 is 22.2 Å². The summed E-state index contributed by atoms with van der Waals surface area (Å²) >= 11 is 1.73. The van der Waals surface area contributed by atoms with Gasteiger partial charge in [0, 0.05) is 12.4 Å². The Morgan fingerprint density at radius 1 is 1.13 bits per heavy atom. The minimum atomic E-state index is 1.09. The van der Waals surface area contributed by atoms with Crippen LogP contribution < -0.4 is 0 Å². The molecular formula is C12H10N2S. The first-order valence-corrected chi connectivity index (χ1v) is 5.70. The summed E-state index contributed by atoms with van der Waals surface area (Å²) in [6.07, 6.45) is 0. The van der Waals surface area contributed by atoms with E-state index < -0.39 is 0 Å². The SMILES string of the molecule is Cn1nc(-c2cccs2)c2ccccc21. The highest BCUT2D eigenvalue weighted by Crippen LogP contribution is 2.30. The second kappa shape index (κ2) is 3.21. The summed E-state index contributed by atoms with van der Waals surface area (Å²) in [5.41, 5.74) is 2.27. The molecule has 2 heterocycles. The zero-order valence-electron chi connectivity index (χ0n) is 8.34. The summed E-state index contributed by atoms with van der Waals surface area (Å²) in [7, 11) is 1.99. The zero-order valence-corrected chi connectivity index (χ0v) is 9.16. The number of hydrogen-bond donors (Lipinski definition) is 0. The van der Waals surface area contributed by atoms with Gasteiger partial charge in [-0.15, -0.1) is 11.3 Å². The molecule has 0 atom stereocenters. The fourth-order valence-corrected chi connectivity index (χ4v) is 2.53. The largest absolute Gasteiger partial charge is 0.267 e. The van der Waals surface area contributed by atoms with Crippen LogP contribution in [0.5, 0.6) is 0 Å². The van der Waals surface area contributed by atoms with Crippen LogP contribution in [0.4, 0.5) is 0 Å². The van der Waals surface area contributed by atoms with E-state index >= 15 is 0 Å². The van der Waals surface area contributed by atoms with Crippen molar-refractivity contribution in [2.24, 2.45) is 7.05 Å². The van der Waals surface area contributed by atoms with Crippen molar-refractivity contribution in [3.63, 3.8) is 0 Å². The van der Waals surface area contributed by atoms with Crippen molar-refractivity contribution in [2.45, 2.75) is 0 Å². The molecule has 0 N–H and O–H groups in total. The van der Waals surface area contributed by atoms with Gasteiger partial charge in [0.25, 0.3) is 0 Å². The number of fused-ring (bicyclic) bond motifs is 1. The van der Waals surface area contributed by atoms with Crippen LogP contribution in [0.15, 0.2) is 41.8 Å². The Morgan fingerprint density at radius 2 is 2.00 bits per heavy atom. The monoisotopic (exact) mass is 214 g/mol. The van der Waals surface area contributed by atoms with Crippen LogP contribution in [-0.4, -0.2) is 9.78 Å². The second-order valence-corrected chi connectivity index (χ2v) is 4.41. The lowest BCUT2D eigenvalue weighted by Gasteiger charge is -1.91. The standard InChI is InChI=1S/C12H10N2S/c1-14-10-6-3-2-5-9(10)12(13-14)11-7-4-8-15-11/h2-8H,1H3. The number of para-hydroxylation sites is 1. The zero-order chi connectivity index (χ0) is 10.3. The van der Waals surface area contributed by atoms with Crippen LogP contribution >= 0.6 is 11.3 Å². The van der Waals surface area contributed by atoms with E-state index in [1.807, 2.05) is 17.8 Å². The molecule has 0 aliphatic rings. The number of aromatic nitrogens is 2. The van der Waals surface area contributed by atoms with Gasteiger partial charge < -0.3 is 0 Å². The highest BCUT2D eigenvalue weighted by molar-refractivity contribution is 7.13. The molecule has 1 aromatic carbocycles. The third-order valence-corrected chi connectivity index (χ3v) is 3.39. The second-order valence-electron chi connectivity index (χ2n) is 3.47. The van der Waals surface area contributed by atoms with Gasteiger partial charge in [-0.05, 0) is 17.5 Å². The highest BCUT2D eigenvalue weighted by Gasteiger charge is 2.09. The Bertz CT molecular complexity index is 593. The summed E-state index contributed by atoms with van der Waals surface area (Å²) in [4.78, 5) is 1.23. The lowest BCUT2D eigenvalue weighted by atomic mass is 10.2. The number of nitrogens with zero attached hydrogens (tertiary/aromatic N) is 2. The molecule has 0 unspecified atom stereocenters. The number of benzene rings is 1. The van der Waals surface area contributed by atoms with Crippen LogP contribution in [-0.2, 0) is 7.05 Å². The first kappa shape index (κ1) is 8.68. The summed E-state index contributed by atoms with van der Waals surface area (Å²) < 4.78 is 1.93. The lowest BCUT2D eigenvalue weighted by Crippen LogP contribution is -1.88. The summed E-state index contributed by atoms with van der Waals surface area (Å²) in [5, 5.41) is 7.87. The third-order valence-electron chi connectivity index (χ3n) is 2.51. The number of hydrogen-bond acceptors (Lipinski definition) is 2. The first-order chi connectivity index (χ1) is 7.36. The predicted molar refractivity (Wildman–Crippen MR) is 64.0 cm³/mol. The maximum absolute atomic E-state index is 4.56. The molecule has 0 bridgehead atoms. The van der Waals surface area contributed by atoms with Crippen molar-refractivity contribution in [1.29, 1.82) is 0 Å². The van der Waals surface area contributed by atoms with Crippen LogP contribution in [0.25, 0.3) is 21.5 Å². The predicted octanol–water partition coefficient (Wildman–Crippen LogP) is 3.30. The molecule has 3 heteroatoms. The van der Waals surface area contributed by atoms with Crippen molar-refractivity contribution in [1.82, 2.24) is 9.78 Å². The van der Waals surface area contributed by atoms with E-state index in [1.165, 1.54) is 15.8 Å². The maximum atomic E-state index is 4.56. The molecule has 0 saturated carbocycles. The van der Waals surface area contributed by atoms with Crippen LogP contribution in [0.1, 0.15) is 0 Å². The average Bonchev–Trinajstić information content (AvgIpc) is 2.87. The smallest absolute Gasteiger partial charge is 0.110 e. The van der Waals surface area contributed by atoms with Gasteiger partial charge in [-0.25, -0.2) is 0 Å². The number of thiophene rings is 1. The quantitative estimate of drug-likeness (QED) is 0.607. The number of aryl methyl sites for hydroxylation is 1. The molecule has 3 rings (SSSR count). The van der Waals surface area contributed by atoms with Gasteiger partial charge in [-0.2, -0.15) is 5.10 Å². The van der Waals surface area contributed by atoms with Crippen molar-refractivity contribution in [3.8, 4) is 10.6 Å². The molecule has 0 saturated heterocycles. The van der Waals surface area contributed by atoms with Crippen molar-refractivity contribution in [3.05, 3.63) is 41.8 Å². The molecule has 2 nitrogen and oxygen atoms in total. The van der Waals surface area contributed by atoms with Gasteiger partial charge in [-0.3, -0.25) is 4.68 Å². The highest BCUT2D eigenvalue weighted by atomic mass is 32.1. The van der Waals surface area contributed by atoms with Crippen molar-refractivity contribution < 1.29 is 0 Å². The maximum Gasteiger partial charge on any atom is 0.110 e. The molecule has 0 aliphatic heterocycles. The molecular weight excluding hydrogens is 204 g/mol. The van der Waals surface area contributed by atoms with E-state index in [9.17, 15) is 0 Å². The summed E-state index contributed by atoms with van der Waals surface area (Å²) in [5.74, 6) is 0. The fourth-order valence-electron chi connectivity index (χ4n) is 1.81. The van der Waals surface area contributed by atoms with E-state index in [0.717, 1.165) is 5.69 Å². The topological polar surface area (TPSA) is 17.8 Å². The van der Waals surface area contributed by atoms with Gasteiger partial charge >= 0.3 is 0 Å². The van der Waals surface area contributed by atoms with E-state index in [2.05, 4.69) is 40.8 Å². The average molecular weight is 214 g/mol. The minimum absolute atomic E-state index is 1.09. The van der Waals surface area contributed by atoms with Gasteiger partial charge in [0.15, 0.2) is 0 Å². The summed E-state index contributed by atoms with van der Waals surface area (Å²) in [6, 6.07) is 12.5. The molecule has 3 aromatic rings. The number of rotatable bonds is 1. The van der Waals surface area contributed by atoms with Crippen LogP contribution in [0, 0.1) is 0 Å². The molecule has 0 aliphatic carbocycles. The van der Waals surface area contributed by atoms with Crippen molar-refractivity contribution in [2.75, 3.05) is 0 Å². The van der Waals surface area contributed by atoms with Gasteiger partial charge in [0.05, 0.1) is 10.4 Å². The normalized spacial score (nSPS) is 11.0. The Kier molecular flexibility index (Phi) is 1.86. The lowest BCUT2D eigenvalue weighted by molar-refractivity contribution is 0.801. The Balaban J connectivity index is 2.37. The van der Waals surface area contributed by atoms with E-state index in [0.29, 0.717) is 0 Å². The third kappa shape index (κ3) is 1.27. The van der Waals surface area contributed by atoms with E-state index in [4.69, 9.17) is 0 Å². The first-order valence-electron chi connectivity index (χ1n) is 4.82.